The van der Waals surface area contributed by atoms with Crippen molar-refractivity contribution >= 4 is 11.8 Å². The van der Waals surface area contributed by atoms with Gasteiger partial charge in [0.1, 0.15) is 5.82 Å². The van der Waals surface area contributed by atoms with Gasteiger partial charge in [0.15, 0.2) is 0 Å². The van der Waals surface area contributed by atoms with Gasteiger partial charge >= 0.3 is 6.03 Å². The fraction of sp³-hybridized carbons (Fsp3) is 0.357. The molecule has 2 amide bonds. The molecule has 5 rings (SSSR count). The van der Waals surface area contributed by atoms with E-state index < -0.39 is 0 Å². The van der Waals surface area contributed by atoms with Crippen LogP contribution in [0.15, 0.2) is 66.9 Å². The van der Waals surface area contributed by atoms with Crippen molar-refractivity contribution in [1.82, 2.24) is 20.5 Å². The summed E-state index contributed by atoms with van der Waals surface area (Å²) in [7, 11) is 0. The lowest BCUT2D eigenvalue weighted by molar-refractivity contribution is 0.0341. The molecule has 0 saturated carbocycles. The Morgan fingerprint density at radius 2 is 1.60 bits per heavy atom. The average molecular weight is 472 g/mol. The van der Waals surface area contributed by atoms with Gasteiger partial charge in [0.25, 0.3) is 0 Å². The number of carbonyl (C=O) groups is 1. The standard InChI is InChI=1S/C28H33N5O2/c34-28(31-19-24-6-2-4-7-25(24)20-32-13-15-35-16-14-32)30-18-22-9-10-27(29-17-22)33-12-11-23-5-1-3-8-26(23)21-33/h1-10,17H,11-16,18-21H2,(H2,30,31,34). The second-order valence-corrected chi connectivity index (χ2v) is 9.16. The number of aromatic nitrogens is 1. The summed E-state index contributed by atoms with van der Waals surface area (Å²) in [6.45, 7) is 7.13. The van der Waals surface area contributed by atoms with Crippen molar-refractivity contribution in [2.45, 2.75) is 32.6 Å². The van der Waals surface area contributed by atoms with Gasteiger partial charge in [-0.2, -0.15) is 0 Å². The van der Waals surface area contributed by atoms with Crippen LogP contribution >= 0.6 is 0 Å². The molecule has 0 unspecified atom stereocenters. The molecule has 0 bridgehead atoms. The maximum absolute atomic E-state index is 12.4. The predicted octanol–water partition coefficient (Wildman–Crippen LogP) is 3.48. The van der Waals surface area contributed by atoms with E-state index in [0.717, 1.165) is 69.3 Å². The molecule has 3 heterocycles. The summed E-state index contributed by atoms with van der Waals surface area (Å²) in [4.78, 5) is 21.8. The minimum atomic E-state index is -0.178. The number of nitrogens with one attached hydrogen (secondary N) is 2. The number of pyridine rings is 1. The topological polar surface area (TPSA) is 69.7 Å². The first-order chi connectivity index (χ1) is 17.2. The van der Waals surface area contributed by atoms with Crippen LogP contribution in [0.3, 0.4) is 0 Å². The molecule has 2 N–H and O–H groups in total. The normalized spacial score (nSPS) is 15.9. The van der Waals surface area contributed by atoms with E-state index >= 15 is 0 Å². The lowest BCUT2D eigenvalue weighted by Gasteiger charge is -2.29. The van der Waals surface area contributed by atoms with Gasteiger partial charge < -0.3 is 20.3 Å². The monoisotopic (exact) mass is 471 g/mol. The molecule has 0 aliphatic carbocycles. The highest BCUT2D eigenvalue weighted by Crippen LogP contribution is 2.23. The van der Waals surface area contributed by atoms with E-state index in [1.165, 1.54) is 16.7 Å². The van der Waals surface area contributed by atoms with Crippen molar-refractivity contribution in [2.24, 2.45) is 0 Å². The van der Waals surface area contributed by atoms with E-state index in [4.69, 9.17) is 4.74 Å². The van der Waals surface area contributed by atoms with Crippen molar-refractivity contribution in [2.75, 3.05) is 37.7 Å². The SMILES string of the molecule is O=C(NCc1ccc(N2CCc3ccccc3C2)nc1)NCc1ccccc1CN1CCOCC1. The number of ether oxygens (including phenoxy) is 1. The zero-order valence-corrected chi connectivity index (χ0v) is 20.1. The quantitative estimate of drug-likeness (QED) is 0.552. The Kier molecular flexibility index (Phi) is 7.56. The Morgan fingerprint density at radius 1 is 0.857 bits per heavy atom. The number of amides is 2. The van der Waals surface area contributed by atoms with E-state index in [2.05, 4.69) is 67.9 Å². The van der Waals surface area contributed by atoms with Crippen LogP contribution in [0.2, 0.25) is 0 Å². The summed E-state index contributed by atoms with van der Waals surface area (Å²) in [6, 6.07) is 20.8. The van der Waals surface area contributed by atoms with Crippen molar-refractivity contribution in [3.8, 4) is 0 Å². The van der Waals surface area contributed by atoms with Gasteiger partial charge in [-0.25, -0.2) is 9.78 Å². The number of fused-ring (bicyclic) bond motifs is 1. The highest BCUT2D eigenvalue weighted by atomic mass is 16.5. The Morgan fingerprint density at radius 3 is 2.40 bits per heavy atom. The minimum Gasteiger partial charge on any atom is -0.379 e. The highest BCUT2D eigenvalue weighted by molar-refractivity contribution is 5.73. The summed E-state index contributed by atoms with van der Waals surface area (Å²) in [6.07, 6.45) is 2.89. The number of anilines is 1. The number of hydrogen-bond donors (Lipinski definition) is 2. The summed E-state index contributed by atoms with van der Waals surface area (Å²) in [5.41, 5.74) is 6.17. The van der Waals surface area contributed by atoms with Crippen LogP contribution < -0.4 is 15.5 Å². The third kappa shape index (κ3) is 6.18. The van der Waals surface area contributed by atoms with Crippen molar-refractivity contribution in [1.29, 1.82) is 0 Å². The molecule has 0 atom stereocenters. The van der Waals surface area contributed by atoms with E-state index in [-0.39, 0.29) is 6.03 Å². The van der Waals surface area contributed by atoms with Crippen LogP contribution in [0, 0.1) is 0 Å². The average Bonchev–Trinajstić information content (AvgIpc) is 2.92. The number of urea groups is 1. The van der Waals surface area contributed by atoms with Crippen LogP contribution in [0.25, 0.3) is 0 Å². The van der Waals surface area contributed by atoms with E-state index in [1.54, 1.807) is 0 Å². The molecule has 0 radical (unpaired) electrons. The van der Waals surface area contributed by atoms with Crippen molar-refractivity contribution < 1.29 is 9.53 Å². The molecule has 3 aromatic rings. The fourth-order valence-electron chi connectivity index (χ4n) is 4.70. The van der Waals surface area contributed by atoms with Gasteiger partial charge in [-0.15, -0.1) is 0 Å². The first-order valence-corrected chi connectivity index (χ1v) is 12.4. The van der Waals surface area contributed by atoms with Gasteiger partial charge in [-0.3, -0.25) is 4.90 Å². The number of hydrogen-bond acceptors (Lipinski definition) is 5. The minimum absolute atomic E-state index is 0.178. The largest absolute Gasteiger partial charge is 0.379 e. The molecule has 2 aliphatic heterocycles. The lowest BCUT2D eigenvalue weighted by atomic mass is 10.00. The summed E-state index contributed by atoms with van der Waals surface area (Å²) in [5, 5.41) is 5.95. The van der Waals surface area contributed by atoms with Gasteiger partial charge in [0, 0.05) is 52.0 Å². The first kappa shape index (κ1) is 23.3. The second-order valence-electron chi connectivity index (χ2n) is 9.16. The Balaban J connectivity index is 1.09. The zero-order valence-electron chi connectivity index (χ0n) is 20.1. The number of carbonyl (C=O) groups excluding carboxylic acids is 1. The number of benzene rings is 2. The summed E-state index contributed by atoms with van der Waals surface area (Å²) in [5.74, 6) is 0.976. The molecule has 7 heteroatoms. The van der Waals surface area contributed by atoms with Gasteiger partial charge in [-0.1, -0.05) is 54.6 Å². The lowest BCUT2D eigenvalue weighted by Crippen LogP contribution is -2.37. The number of rotatable bonds is 7. The van der Waals surface area contributed by atoms with E-state index in [9.17, 15) is 4.79 Å². The van der Waals surface area contributed by atoms with Crippen LogP contribution in [0.5, 0.6) is 0 Å². The number of nitrogens with zero attached hydrogens (tertiary/aromatic N) is 3. The molecule has 1 saturated heterocycles. The molecule has 1 fully saturated rings. The van der Waals surface area contributed by atoms with Gasteiger partial charge in [0.05, 0.1) is 13.2 Å². The highest BCUT2D eigenvalue weighted by Gasteiger charge is 2.17. The zero-order chi connectivity index (χ0) is 23.9. The fourth-order valence-corrected chi connectivity index (χ4v) is 4.70. The van der Waals surface area contributed by atoms with Crippen molar-refractivity contribution in [3.63, 3.8) is 0 Å². The smallest absolute Gasteiger partial charge is 0.315 e. The molecule has 7 nitrogen and oxygen atoms in total. The molecule has 182 valence electrons. The first-order valence-electron chi connectivity index (χ1n) is 12.4. The summed E-state index contributed by atoms with van der Waals surface area (Å²) < 4.78 is 5.45. The third-order valence-electron chi connectivity index (χ3n) is 6.77. The Labute approximate surface area is 207 Å². The maximum atomic E-state index is 12.4. The van der Waals surface area contributed by atoms with Crippen LogP contribution in [0.1, 0.15) is 27.8 Å². The molecule has 2 aromatic carbocycles. The molecular weight excluding hydrogens is 438 g/mol. The van der Waals surface area contributed by atoms with Gasteiger partial charge in [0.2, 0.25) is 0 Å². The summed E-state index contributed by atoms with van der Waals surface area (Å²) >= 11 is 0. The van der Waals surface area contributed by atoms with Gasteiger partial charge in [-0.05, 0) is 40.3 Å². The Hall–Kier alpha value is -3.42. The molecule has 0 spiro atoms. The Bertz CT molecular complexity index is 1130. The van der Waals surface area contributed by atoms with Crippen molar-refractivity contribution in [3.05, 3.63) is 94.7 Å². The van der Waals surface area contributed by atoms with Crippen LogP contribution in [0.4, 0.5) is 10.6 Å². The molecular formula is C28H33N5O2. The second kappa shape index (κ2) is 11.3. The molecule has 1 aromatic heterocycles. The van der Waals surface area contributed by atoms with E-state index in [1.807, 2.05) is 24.4 Å². The molecule has 35 heavy (non-hydrogen) atoms. The van der Waals surface area contributed by atoms with Crippen LogP contribution in [-0.4, -0.2) is 48.8 Å². The third-order valence-corrected chi connectivity index (χ3v) is 6.77. The van der Waals surface area contributed by atoms with E-state index in [0.29, 0.717) is 13.1 Å². The number of morpholine rings is 1. The predicted molar refractivity (Wildman–Crippen MR) is 137 cm³/mol. The molecule has 2 aliphatic rings. The van der Waals surface area contributed by atoms with Crippen LogP contribution in [-0.2, 0) is 37.3 Å². The maximum Gasteiger partial charge on any atom is 0.315 e.